The maximum absolute atomic E-state index is 12.6. The molecule has 5 heteroatoms. The minimum atomic E-state index is -0.0885. The number of esters is 1. The first kappa shape index (κ1) is 45.1. The predicted molar refractivity (Wildman–Crippen MR) is 212 cm³/mol. The Balaban J connectivity index is 2.12. The van der Waals surface area contributed by atoms with Crippen molar-refractivity contribution in [1.82, 2.24) is 10.2 Å². The fourth-order valence-electron chi connectivity index (χ4n) is 6.79. The van der Waals surface area contributed by atoms with E-state index in [1.54, 1.807) is 0 Å². The van der Waals surface area contributed by atoms with Gasteiger partial charge in [-0.25, -0.2) is 0 Å². The summed E-state index contributed by atoms with van der Waals surface area (Å²) in [4.78, 5) is 27.3. The molecule has 0 saturated heterocycles. The summed E-state index contributed by atoms with van der Waals surface area (Å²) in [7, 11) is 0. The van der Waals surface area contributed by atoms with E-state index in [4.69, 9.17) is 4.74 Å². The Morgan fingerprint density at radius 2 is 1.04 bits per heavy atom. The van der Waals surface area contributed by atoms with E-state index in [1.807, 2.05) is 6.07 Å². The van der Waals surface area contributed by atoms with Gasteiger partial charge in [0.1, 0.15) is 5.75 Å². The molecule has 0 spiro atoms. The number of carbonyl (C=O) groups is 2. The third-order valence-electron chi connectivity index (χ3n) is 9.88. The number of ether oxygens (including phenoxy) is 1. The average molecular weight is 685 g/mol. The van der Waals surface area contributed by atoms with Crippen molar-refractivity contribution in [2.24, 2.45) is 0 Å². The van der Waals surface area contributed by atoms with Gasteiger partial charge in [0.05, 0.1) is 0 Å². The molecule has 1 rings (SSSR count). The smallest absolute Gasteiger partial charge is 0.311 e. The van der Waals surface area contributed by atoms with Crippen molar-refractivity contribution >= 4 is 11.9 Å². The number of amides is 1. The number of benzene rings is 1. The lowest BCUT2D eigenvalue weighted by Gasteiger charge is -2.21. The molecule has 0 atom stereocenters. The van der Waals surface area contributed by atoms with E-state index in [1.165, 1.54) is 153 Å². The highest BCUT2D eigenvalue weighted by atomic mass is 16.5. The van der Waals surface area contributed by atoms with Crippen LogP contribution in [0, 0.1) is 0 Å². The van der Waals surface area contributed by atoms with Crippen LogP contribution in [-0.4, -0.2) is 43.0 Å². The van der Waals surface area contributed by atoms with Crippen molar-refractivity contribution in [3.63, 3.8) is 0 Å². The largest absolute Gasteiger partial charge is 0.427 e. The van der Waals surface area contributed by atoms with Crippen molar-refractivity contribution in [2.75, 3.05) is 26.2 Å². The van der Waals surface area contributed by atoms with Crippen molar-refractivity contribution < 1.29 is 14.3 Å². The van der Waals surface area contributed by atoms with Crippen LogP contribution in [0.4, 0.5) is 0 Å². The number of unbranched alkanes of at least 4 members (excludes halogenated alkanes) is 18. The third kappa shape index (κ3) is 26.6. The minimum absolute atomic E-state index is 0.0885. The van der Waals surface area contributed by atoms with Crippen LogP contribution in [0.2, 0.25) is 0 Å². The van der Waals surface area contributed by atoms with Gasteiger partial charge in [0, 0.05) is 19.4 Å². The van der Waals surface area contributed by atoms with Crippen LogP contribution in [-0.2, 0) is 22.4 Å². The quantitative estimate of drug-likeness (QED) is 0.0439. The van der Waals surface area contributed by atoms with E-state index in [2.05, 4.69) is 50.0 Å². The lowest BCUT2D eigenvalue weighted by molar-refractivity contribution is -0.134. The molecule has 284 valence electrons. The molecular weight excluding hydrogens is 604 g/mol. The molecule has 5 nitrogen and oxygen atoms in total. The first-order valence-corrected chi connectivity index (χ1v) is 21.3. The molecule has 1 aromatic carbocycles. The maximum atomic E-state index is 12.6. The molecule has 49 heavy (non-hydrogen) atoms. The Morgan fingerprint density at radius 1 is 0.531 bits per heavy atom. The molecule has 0 aliphatic heterocycles. The van der Waals surface area contributed by atoms with Crippen molar-refractivity contribution in [3.8, 4) is 5.75 Å². The van der Waals surface area contributed by atoms with E-state index in [0.29, 0.717) is 12.8 Å². The highest BCUT2D eigenvalue weighted by Crippen LogP contribution is 2.23. The van der Waals surface area contributed by atoms with Crippen molar-refractivity contribution in [3.05, 3.63) is 29.3 Å². The van der Waals surface area contributed by atoms with Gasteiger partial charge in [0.2, 0.25) is 5.91 Å². The second-order valence-corrected chi connectivity index (χ2v) is 14.7. The summed E-state index contributed by atoms with van der Waals surface area (Å²) in [6.45, 7) is 13.4. The maximum Gasteiger partial charge on any atom is 0.311 e. The van der Waals surface area contributed by atoms with E-state index < -0.39 is 0 Å². The van der Waals surface area contributed by atoms with Gasteiger partial charge >= 0.3 is 5.97 Å². The zero-order valence-electron chi connectivity index (χ0n) is 33.0. The SMILES string of the molecule is CCCCCCCCCNC(=O)CCCCCCCN(CCC)CCCCCCCC(=O)Oc1ccc(CCCCC)c(CCCCC)c1. The zero-order valence-corrected chi connectivity index (χ0v) is 33.0. The van der Waals surface area contributed by atoms with Crippen LogP contribution in [0.25, 0.3) is 0 Å². The van der Waals surface area contributed by atoms with Crippen molar-refractivity contribution in [1.29, 1.82) is 0 Å². The Labute approximate surface area is 304 Å². The topological polar surface area (TPSA) is 58.6 Å². The number of aryl methyl sites for hydroxylation is 2. The molecule has 0 saturated carbocycles. The van der Waals surface area contributed by atoms with Crippen LogP contribution in [0.1, 0.15) is 206 Å². The number of hydrogen-bond donors (Lipinski definition) is 1. The Hall–Kier alpha value is -1.88. The lowest BCUT2D eigenvalue weighted by atomic mass is 9.97. The number of rotatable bonds is 35. The van der Waals surface area contributed by atoms with E-state index in [0.717, 1.165) is 57.2 Å². The standard InChI is InChI=1S/C44H80N2O3/c1-5-9-12-13-14-19-26-35-45-43(47)31-24-17-15-20-27-37-46(36-8-4)38-28-21-16-18-25-32-44(48)49-42-34-33-40(29-22-10-6-2)41(39-42)30-23-11-7-3/h33-34,39H,5-32,35-38H2,1-4H3,(H,45,47). The lowest BCUT2D eigenvalue weighted by Crippen LogP contribution is -2.27. The van der Waals surface area contributed by atoms with E-state index >= 15 is 0 Å². The molecule has 0 unspecified atom stereocenters. The molecule has 0 fully saturated rings. The van der Waals surface area contributed by atoms with Gasteiger partial charge in [0.15, 0.2) is 0 Å². The van der Waals surface area contributed by atoms with Crippen LogP contribution < -0.4 is 10.1 Å². The molecule has 0 aromatic heterocycles. The second kappa shape index (κ2) is 33.3. The Bertz CT molecular complexity index is 917. The summed E-state index contributed by atoms with van der Waals surface area (Å²) in [5.41, 5.74) is 2.81. The van der Waals surface area contributed by atoms with Crippen LogP contribution in [0.5, 0.6) is 5.75 Å². The van der Waals surface area contributed by atoms with Gasteiger partial charge < -0.3 is 15.0 Å². The van der Waals surface area contributed by atoms with Gasteiger partial charge in [-0.3, -0.25) is 9.59 Å². The Morgan fingerprint density at radius 3 is 1.65 bits per heavy atom. The summed E-state index contributed by atoms with van der Waals surface area (Å²) in [6, 6.07) is 6.34. The average Bonchev–Trinajstić information content (AvgIpc) is 3.09. The van der Waals surface area contributed by atoms with Gasteiger partial charge in [-0.2, -0.15) is 0 Å². The fourth-order valence-corrected chi connectivity index (χ4v) is 6.79. The summed E-state index contributed by atoms with van der Waals surface area (Å²) < 4.78 is 5.78. The molecule has 1 amide bonds. The number of carbonyl (C=O) groups excluding carboxylic acids is 2. The fraction of sp³-hybridized carbons (Fsp3) is 0.818. The molecule has 1 N–H and O–H groups in total. The molecule has 0 radical (unpaired) electrons. The Kier molecular flexibility index (Phi) is 30.7. The van der Waals surface area contributed by atoms with E-state index in [9.17, 15) is 9.59 Å². The number of nitrogens with one attached hydrogen (secondary N) is 1. The molecule has 0 aliphatic carbocycles. The van der Waals surface area contributed by atoms with Crippen LogP contribution in [0.15, 0.2) is 18.2 Å². The predicted octanol–water partition coefficient (Wildman–Crippen LogP) is 12.3. The van der Waals surface area contributed by atoms with Gasteiger partial charge in [-0.05, 0) is 107 Å². The highest BCUT2D eigenvalue weighted by molar-refractivity contribution is 5.75. The van der Waals surface area contributed by atoms with Gasteiger partial charge in [-0.1, -0.05) is 136 Å². The van der Waals surface area contributed by atoms with Crippen LogP contribution >= 0.6 is 0 Å². The highest BCUT2D eigenvalue weighted by Gasteiger charge is 2.10. The monoisotopic (exact) mass is 685 g/mol. The number of nitrogens with zero attached hydrogens (tertiary/aromatic N) is 1. The molecule has 0 bridgehead atoms. The summed E-state index contributed by atoms with van der Waals surface area (Å²) in [5, 5.41) is 3.11. The molecule has 0 heterocycles. The second-order valence-electron chi connectivity index (χ2n) is 14.7. The first-order chi connectivity index (χ1) is 24.0. The summed E-state index contributed by atoms with van der Waals surface area (Å²) in [6.07, 6.45) is 32.7. The van der Waals surface area contributed by atoms with E-state index in [-0.39, 0.29) is 11.9 Å². The van der Waals surface area contributed by atoms with Gasteiger partial charge in [0.25, 0.3) is 0 Å². The van der Waals surface area contributed by atoms with Crippen molar-refractivity contribution in [2.45, 2.75) is 207 Å². The summed E-state index contributed by atoms with van der Waals surface area (Å²) in [5.74, 6) is 0.878. The van der Waals surface area contributed by atoms with Crippen LogP contribution in [0.3, 0.4) is 0 Å². The molecule has 0 aliphatic rings. The third-order valence-corrected chi connectivity index (χ3v) is 9.88. The normalized spacial score (nSPS) is 11.4. The number of hydrogen-bond acceptors (Lipinski definition) is 4. The molecular formula is C44H80N2O3. The molecule has 1 aromatic rings. The summed E-state index contributed by atoms with van der Waals surface area (Å²) >= 11 is 0. The van der Waals surface area contributed by atoms with Gasteiger partial charge in [-0.15, -0.1) is 0 Å². The first-order valence-electron chi connectivity index (χ1n) is 21.3. The minimum Gasteiger partial charge on any atom is -0.427 e. The zero-order chi connectivity index (χ0) is 35.6.